The maximum Gasteiger partial charge on any atom is 0.222 e. The molecule has 106 valence electrons. The van der Waals surface area contributed by atoms with Gasteiger partial charge in [-0.15, -0.1) is 12.4 Å². The van der Waals surface area contributed by atoms with Gasteiger partial charge in [0, 0.05) is 31.5 Å². The minimum absolute atomic E-state index is 0. The summed E-state index contributed by atoms with van der Waals surface area (Å²) in [5, 5.41) is 0. The molecule has 0 saturated carbocycles. The molecule has 19 heavy (non-hydrogen) atoms. The fraction of sp³-hybridized carbons (Fsp3) is 0.533. The second kappa shape index (κ2) is 7.51. The normalized spacial score (nSPS) is 19.9. The Morgan fingerprint density at radius 1 is 1.42 bits per heavy atom. The average molecular weight is 283 g/mol. The molecule has 0 bridgehead atoms. The molecule has 1 fully saturated rings. The molecule has 1 aromatic rings. The topological polar surface area (TPSA) is 46.3 Å². The van der Waals surface area contributed by atoms with Gasteiger partial charge in [0.15, 0.2) is 0 Å². The van der Waals surface area contributed by atoms with Crippen molar-refractivity contribution in [3.8, 4) is 0 Å². The fourth-order valence-electron chi connectivity index (χ4n) is 2.49. The first-order chi connectivity index (χ1) is 8.66. The van der Waals surface area contributed by atoms with Crippen LogP contribution in [0.4, 0.5) is 0 Å². The number of hydrogen-bond donors (Lipinski definition) is 1. The lowest BCUT2D eigenvalue weighted by molar-refractivity contribution is -0.130. The maximum atomic E-state index is 12.0. The van der Waals surface area contributed by atoms with Crippen LogP contribution in [-0.4, -0.2) is 29.9 Å². The first-order valence-electron chi connectivity index (χ1n) is 6.75. The molecule has 1 aliphatic rings. The molecule has 2 rings (SSSR count). The molecule has 0 aromatic heterocycles. The summed E-state index contributed by atoms with van der Waals surface area (Å²) < 4.78 is 0. The Bertz CT molecular complexity index is 394. The van der Waals surface area contributed by atoms with Crippen LogP contribution in [0.2, 0.25) is 0 Å². The van der Waals surface area contributed by atoms with E-state index in [0.29, 0.717) is 12.3 Å². The number of amides is 1. The van der Waals surface area contributed by atoms with Crippen molar-refractivity contribution in [2.75, 3.05) is 13.1 Å². The predicted molar refractivity (Wildman–Crippen MR) is 80.5 cm³/mol. The van der Waals surface area contributed by atoms with Crippen molar-refractivity contribution in [3.63, 3.8) is 0 Å². The molecular weight excluding hydrogens is 260 g/mol. The minimum atomic E-state index is 0. The van der Waals surface area contributed by atoms with Crippen molar-refractivity contribution in [2.24, 2.45) is 5.73 Å². The van der Waals surface area contributed by atoms with E-state index >= 15 is 0 Å². The Balaban J connectivity index is 0.00000180. The number of benzene rings is 1. The van der Waals surface area contributed by atoms with Gasteiger partial charge in [0.1, 0.15) is 0 Å². The smallest absolute Gasteiger partial charge is 0.222 e. The second-order valence-electron chi connectivity index (χ2n) is 5.25. The van der Waals surface area contributed by atoms with Gasteiger partial charge in [-0.25, -0.2) is 0 Å². The van der Waals surface area contributed by atoms with Gasteiger partial charge in [0.2, 0.25) is 5.91 Å². The number of halogens is 1. The van der Waals surface area contributed by atoms with E-state index in [0.717, 1.165) is 25.9 Å². The van der Waals surface area contributed by atoms with Crippen LogP contribution >= 0.6 is 12.4 Å². The number of nitrogens with two attached hydrogens (primary N) is 1. The Kier molecular flexibility index (Phi) is 6.32. The molecule has 0 radical (unpaired) electrons. The third-order valence-electron chi connectivity index (χ3n) is 3.63. The molecule has 1 aromatic carbocycles. The maximum absolute atomic E-state index is 12.0. The summed E-state index contributed by atoms with van der Waals surface area (Å²) in [6.07, 6.45) is 2.44. The first-order valence-corrected chi connectivity index (χ1v) is 6.75. The first kappa shape index (κ1) is 16.0. The molecule has 2 atom stereocenters. The lowest BCUT2D eigenvalue weighted by Crippen LogP contribution is -2.29. The zero-order valence-electron chi connectivity index (χ0n) is 11.4. The van der Waals surface area contributed by atoms with Crippen molar-refractivity contribution in [2.45, 2.75) is 38.1 Å². The van der Waals surface area contributed by atoms with Gasteiger partial charge >= 0.3 is 0 Å². The van der Waals surface area contributed by atoms with Gasteiger partial charge in [-0.05, 0) is 25.3 Å². The molecule has 3 nitrogen and oxygen atoms in total. The molecule has 1 amide bonds. The van der Waals surface area contributed by atoms with Crippen LogP contribution in [0.1, 0.15) is 37.7 Å². The molecule has 1 aliphatic heterocycles. The van der Waals surface area contributed by atoms with Crippen molar-refractivity contribution < 1.29 is 4.79 Å². The fourth-order valence-corrected chi connectivity index (χ4v) is 2.49. The van der Waals surface area contributed by atoms with Crippen LogP contribution in [0.25, 0.3) is 0 Å². The number of likely N-dealkylation sites (tertiary alicyclic amines) is 1. The predicted octanol–water partition coefficient (Wildman–Crippen LogP) is 2.55. The molecule has 2 N–H and O–H groups in total. The number of hydrogen-bond acceptors (Lipinski definition) is 2. The standard InChI is InChI=1S/C15H22N2O.ClH/c1-12(16)7-8-15(18)17-10-9-14(11-17)13-5-3-2-4-6-13;/h2-6,12,14H,7-11,16H2,1H3;1H. The Hall–Kier alpha value is -1.06. The van der Waals surface area contributed by atoms with Crippen LogP contribution in [-0.2, 0) is 4.79 Å². The molecule has 2 unspecified atom stereocenters. The number of carbonyl (C=O) groups excluding carboxylic acids is 1. The van der Waals surface area contributed by atoms with Crippen LogP contribution in [0.5, 0.6) is 0 Å². The molecule has 0 aliphatic carbocycles. The van der Waals surface area contributed by atoms with Gasteiger partial charge in [-0.1, -0.05) is 30.3 Å². The van der Waals surface area contributed by atoms with E-state index in [1.807, 2.05) is 17.9 Å². The van der Waals surface area contributed by atoms with Crippen LogP contribution < -0.4 is 5.73 Å². The van der Waals surface area contributed by atoms with Gasteiger partial charge in [0.25, 0.3) is 0 Å². The highest BCUT2D eigenvalue weighted by atomic mass is 35.5. The summed E-state index contributed by atoms with van der Waals surface area (Å²) in [5.41, 5.74) is 7.03. The Morgan fingerprint density at radius 3 is 2.74 bits per heavy atom. The highest BCUT2D eigenvalue weighted by Crippen LogP contribution is 2.27. The number of nitrogens with zero attached hydrogens (tertiary/aromatic N) is 1. The van der Waals surface area contributed by atoms with E-state index in [4.69, 9.17) is 5.73 Å². The van der Waals surface area contributed by atoms with Crippen molar-refractivity contribution in [1.29, 1.82) is 0 Å². The number of carbonyl (C=O) groups is 1. The van der Waals surface area contributed by atoms with E-state index in [2.05, 4.69) is 24.3 Å². The second-order valence-corrected chi connectivity index (χ2v) is 5.25. The summed E-state index contributed by atoms with van der Waals surface area (Å²) in [4.78, 5) is 14.0. The third kappa shape index (κ3) is 4.51. The Morgan fingerprint density at radius 2 is 2.11 bits per heavy atom. The van der Waals surface area contributed by atoms with E-state index in [1.165, 1.54) is 5.56 Å². The summed E-state index contributed by atoms with van der Waals surface area (Å²) in [5.74, 6) is 0.760. The summed E-state index contributed by atoms with van der Waals surface area (Å²) in [6, 6.07) is 10.6. The summed E-state index contributed by atoms with van der Waals surface area (Å²) >= 11 is 0. The van der Waals surface area contributed by atoms with Crippen LogP contribution in [0, 0.1) is 0 Å². The van der Waals surface area contributed by atoms with Crippen LogP contribution in [0.15, 0.2) is 30.3 Å². The zero-order valence-corrected chi connectivity index (χ0v) is 12.2. The van der Waals surface area contributed by atoms with E-state index < -0.39 is 0 Å². The largest absolute Gasteiger partial charge is 0.342 e. The summed E-state index contributed by atoms with van der Waals surface area (Å²) in [7, 11) is 0. The number of rotatable bonds is 4. The van der Waals surface area contributed by atoms with Crippen molar-refractivity contribution in [3.05, 3.63) is 35.9 Å². The van der Waals surface area contributed by atoms with Crippen LogP contribution in [0.3, 0.4) is 0 Å². The highest BCUT2D eigenvalue weighted by Gasteiger charge is 2.26. The summed E-state index contributed by atoms with van der Waals surface area (Å²) in [6.45, 7) is 3.70. The SMILES string of the molecule is CC(N)CCC(=O)N1CCC(c2ccccc2)C1.Cl. The van der Waals surface area contributed by atoms with Crippen molar-refractivity contribution >= 4 is 18.3 Å². The molecular formula is C15H23ClN2O. The Labute approximate surface area is 121 Å². The zero-order chi connectivity index (χ0) is 13.0. The molecule has 4 heteroatoms. The van der Waals surface area contributed by atoms with E-state index in [-0.39, 0.29) is 24.4 Å². The van der Waals surface area contributed by atoms with Gasteiger partial charge in [-0.2, -0.15) is 0 Å². The van der Waals surface area contributed by atoms with Crippen molar-refractivity contribution in [1.82, 2.24) is 4.90 Å². The van der Waals surface area contributed by atoms with Gasteiger partial charge in [-0.3, -0.25) is 4.79 Å². The highest BCUT2D eigenvalue weighted by molar-refractivity contribution is 5.85. The lowest BCUT2D eigenvalue weighted by Gasteiger charge is -2.17. The average Bonchev–Trinajstić information content (AvgIpc) is 2.86. The van der Waals surface area contributed by atoms with E-state index in [1.54, 1.807) is 0 Å². The minimum Gasteiger partial charge on any atom is -0.342 e. The molecule has 0 spiro atoms. The molecule has 1 heterocycles. The monoisotopic (exact) mass is 282 g/mol. The lowest BCUT2D eigenvalue weighted by atomic mass is 9.99. The van der Waals surface area contributed by atoms with Gasteiger partial charge in [0.05, 0.1) is 0 Å². The third-order valence-corrected chi connectivity index (χ3v) is 3.63. The quantitative estimate of drug-likeness (QED) is 0.922. The van der Waals surface area contributed by atoms with E-state index in [9.17, 15) is 4.79 Å². The molecule has 1 saturated heterocycles. The van der Waals surface area contributed by atoms with Gasteiger partial charge < -0.3 is 10.6 Å².